The van der Waals surface area contributed by atoms with Crippen molar-refractivity contribution in [1.82, 2.24) is 30.4 Å². The number of benzene rings is 2. The van der Waals surface area contributed by atoms with E-state index in [9.17, 15) is 43.5 Å². The molecule has 0 saturated carbocycles. The molecular formula is C50H54FN7O11. The highest BCUT2D eigenvalue weighted by atomic mass is 19.1. The van der Waals surface area contributed by atoms with Gasteiger partial charge in [-0.15, -0.1) is 0 Å². The lowest BCUT2D eigenvalue weighted by Crippen LogP contribution is -2.53. The largest absolute Gasteiger partial charge is 0.458 e. The number of ether oxygens (including phenoxy) is 2. The first-order valence-corrected chi connectivity index (χ1v) is 23.2. The second-order valence-corrected chi connectivity index (χ2v) is 18.3. The van der Waals surface area contributed by atoms with Gasteiger partial charge in [-0.05, 0) is 92.3 Å². The van der Waals surface area contributed by atoms with Crippen molar-refractivity contribution >= 4 is 58.2 Å². The number of halogens is 1. The Morgan fingerprint density at radius 1 is 0.957 bits per heavy atom. The van der Waals surface area contributed by atoms with E-state index in [1.165, 1.54) is 29.7 Å². The van der Waals surface area contributed by atoms with Crippen LogP contribution in [-0.2, 0) is 70.0 Å². The Hall–Kier alpha value is -7.28. The van der Waals surface area contributed by atoms with Crippen LogP contribution in [0.3, 0.4) is 0 Å². The summed E-state index contributed by atoms with van der Waals surface area (Å²) in [7, 11) is 0. The van der Waals surface area contributed by atoms with Crippen molar-refractivity contribution in [1.29, 1.82) is 0 Å². The summed E-state index contributed by atoms with van der Waals surface area (Å²) < 4.78 is 27.7. The van der Waals surface area contributed by atoms with Crippen molar-refractivity contribution in [3.05, 3.63) is 104 Å². The van der Waals surface area contributed by atoms with Gasteiger partial charge in [0.2, 0.25) is 17.7 Å². The van der Waals surface area contributed by atoms with Gasteiger partial charge in [0.05, 0.1) is 35.1 Å². The van der Waals surface area contributed by atoms with Crippen LogP contribution in [0.15, 0.2) is 53.3 Å². The van der Waals surface area contributed by atoms with Gasteiger partial charge in [0.25, 0.3) is 17.4 Å². The predicted molar refractivity (Wildman–Crippen MR) is 247 cm³/mol. The number of aryl methyl sites for hydroxylation is 1. The molecule has 2 aromatic carbocycles. The highest BCUT2D eigenvalue weighted by molar-refractivity contribution is 6.12. The lowest BCUT2D eigenvalue weighted by molar-refractivity contribution is -0.172. The number of amides is 6. The number of pyridine rings is 2. The number of nitrogens with one attached hydrogen (secondary N) is 4. The second kappa shape index (κ2) is 19.4. The molecular weight excluding hydrogens is 894 g/mol. The summed E-state index contributed by atoms with van der Waals surface area (Å²) in [6, 6.07) is 7.03. The zero-order chi connectivity index (χ0) is 49.5. The number of rotatable bonds is 16. The summed E-state index contributed by atoms with van der Waals surface area (Å²) in [4.78, 5) is 109. The van der Waals surface area contributed by atoms with Crippen molar-refractivity contribution in [2.45, 2.75) is 123 Å². The maximum Gasteiger partial charge on any atom is 0.407 e. The van der Waals surface area contributed by atoms with Crippen LogP contribution in [-0.4, -0.2) is 79.8 Å². The molecule has 0 radical (unpaired) electrons. The number of anilines is 1. The fourth-order valence-electron chi connectivity index (χ4n) is 9.50. The molecule has 19 heteroatoms. The maximum absolute atomic E-state index is 15.4. The van der Waals surface area contributed by atoms with Crippen molar-refractivity contribution in [2.75, 3.05) is 11.9 Å². The number of carbonyl (C=O) groups is 7. The van der Waals surface area contributed by atoms with Gasteiger partial charge in [0.1, 0.15) is 31.1 Å². The first kappa shape index (κ1) is 48.2. The number of cyclic esters (lactones) is 1. The minimum atomic E-state index is -2.03. The molecule has 5 heterocycles. The first-order chi connectivity index (χ1) is 32.9. The average Bonchev–Trinajstić information content (AvgIpc) is 3.85. The Morgan fingerprint density at radius 3 is 2.38 bits per heavy atom. The Labute approximate surface area is 396 Å². The van der Waals surface area contributed by atoms with E-state index >= 15 is 4.39 Å². The molecule has 0 saturated heterocycles. The normalized spacial score (nSPS) is 18.6. The van der Waals surface area contributed by atoms with Gasteiger partial charge in [-0.2, -0.15) is 0 Å². The van der Waals surface area contributed by atoms with Crippen LogP contribution in [0.25, 0.3) is 22.3 Å². The Balaban J connectivity index is 0.867. The molecule has 0 unspecified atom stereocenters. The third-order valence-electron chi connectivity index (χ3n) is 13.5. The number of hydrogen-bond donors (Lipinski definition) is 5. The van der Waals surface area contributed by atoms with E-state index < -0.39 is 59.0 Å². The zero-order valence-electron chi connectivity index (χ0n) is 39.0. The van der Waals surface area contributed by atoms with E-state index in [0.717, 1.165) is 10.5 Å². The molecule has 4 aromatic rings. The van der Waals surface area contributed by atoms with Gasteiger partial charge in [0, 0.05) is 53.4 Å². The van der Waals surface area contributed by atoms with Gasteiger partial charge in [-0.3, -0.25) is 33.7 Å². The Kier molecular flexibility index (Phi) is 13.5. The van der Waals surface area contributed by atoms with E-state index in [4.69, 9.17) is 14.5 Å². The van der Waals surface area contributed by atoms with Crippen molar-refractivity contribution in [3.63, 3.8) is 0 Å². The lowest BCUT2D eigenvalue weighted by Gasteiger charge is -2.31. The number of imide groups is 1. The molecule has 1 aliphatic carbocycles. The lowest BCUT2D eigenvalue weighted by atomic mass is 9.81. The molecule has 362 valence electrons. The second-order valence-electron chi connectivity index (χ2n) is 18.3. The smallest absolute Gasteiger partial charge is 0.407 e. The highest BCUT2D eigenvalue weighted by Crippen LogP contribution is 2.46. The molecule has 6 amide bonds. The molecule has 0 fully saturated rings. The highest BCUT2D eigenvalue weighted by Gasteiger charge is 2.46. The molecule has 8 rings (SSSR count). The SMILES string of the molecule is CC[C@]1(O)C(=O)OCc2c1cc1n(c2=O)Cc2c-1nc1cc(F)c(C)c3c1c2[C@H](NC(=O)OCc1ccc(NC(=O)[C@H](C)NC(=O)[C@@H](NC(=O)CCCCCN2C(=O)C=CC2=O)C(C)C)cc1)CC3. The number of esters is 1. The number of hydrogen-bond acceptors (Lipinski definition) is 12. The van der Waals surface area contributed by atoms with Crippen LogP contribution in [0.4, 0.5) is 14.9 Å². The molecule has 0 spiro atoms. The number of nitrogens with zero attached hydrogens (tertiary/aromatic N) is 3. The number of alkyl carbamates (subject to hydrolysis) is 1. The number of unbranched alkanes of at least 4 members (excludes halogenated alkanes) is 2. The standard InChI is InChI=1S/C50H54FN7O11/c1-6-50(67)33-20-37-44-31(22-58(37)47(64)32(33)24-68-48(50)65)42-35(16-15-30-26(4)34(51)21-36(54-44)41(30)42)55-49(66)69-23-28-11-13-29(14-12-28)53-45(62)27(5)52-46(63)43(25(2)3)56-38(59)10-8-7-9-19-57-39(60)17-18-40(57)61/h11-14,17-18,20-21,25,27,35,43,67H,6-10,15-16,19,22-24H2,1-5H3,(H,52,63)(H,53,62)(H,55,66)(H,56,59)/t27-,35+,43-,50+/m0/s1. The number of fused-ring (bicyclic) bond motifs is 5. The molecule has 0 bridgehead atoms. The Bertz CT molecular complexity index is 2890. The van der Waals surface area contributed by atoms with Crippen LogP contribution in [0.5, 0.6) is 0 Å². The van der Waals surface area contributed by atoms with Crippen LogP contribution in [0.2, 0.25) is 0 Å². The third-order valence-corrected chi connectivity index (χ3v) is 13.5. The number of aliphatic hydroxyl groups is 1. The molecule has 18 nitrogen and oxygen atoms in total. The number of aromatic nitrogens is 2. The monoisotopic (exact) mass is 947 g/mol. The topological polar surface area (TPSA) is 244 Å². The van der Waals surface area contributed by atoms with Crippen molar-refractivity contribution in [3.8, 4) is 11.4 Å². The predicted octanol–water partition coefficient (Wildman–Crippen LogP) is 4.51. The van der Waals surface area contributed by atoms with Crippen LogP contribution in [0, 0.1) is 18.7 Å². The summed E-state index contributed by atoms with van der Waals surface area (Å²) >= 11 is 0. The third kappa shape index (κ3) is 9.34. The first-order valence-electron chi connectivity index (χ1n) is 23.2. The fraction of sp³-hybridized carbons (Fsp3) is 0.420. The van der Waals surface area contributed by atoms with Gasteiger partial charge < -0.3 is 40.4 Å². The van der Waals surface area contributed by atoms with Gasteiger partial charge in [-0.1, -0.05) is 39.3 Å². The summed E-state index contributed by atoms with van der Waals surface area (Å²) in [5.41, 5.74) is 2.48. The molecule has 4 aliphatic rings. The van der Waals surface area contributed by atoms with Gasteiger partial charge in [-0.25, -0.2) is 19.0 Å². The minimum Gasteiger partial charge on any atom is -0.458 e. The average molecular weight is 948 g/mol. The van der Waals surface area contributed by atoms with Gasteiger partial charge >= 0.3 is 12.1 Å². The molecule has 3 aliphatic heterocycles. The summed E-state index contributed by atoms with van der Waals surface area (Å²) in [5, 5.41) is 23.2. The van der Waals surface area contributed by atoms with Gasteiger partial charge in [0.15, 0.2) is 5.60 Å². The van der Waals surface area contributed by atoms with E-state index in [0.29, 0.717) is 82.3 Å². The van der Waals surface area contributed by atoms with Crippen LogP contribution < -0.4 is 26.8 Å². The molecule has 5 N–H and O–H groups in total. The molecule has 2 aromatic heterocycles. The van der Waals surface area contributed by atoms with E-state index in [2.05, 4.69) is 21.3 Å². The summed E-state index contributed by atoms with van der Waals surface area (Å²) in [6.07, 6.45) is 4.31. The summed E-state index contributed by atoms with van der Waals surface area (Å²) in [5.74, 6) is -3.64. The van der Waals surface area contributed by atoms with Crippen LogP contribution >= 0.6 is 0 Å². The minimum absolute atomic E-state index is 0.0291. The van der Waals surface area contributed by atoms with Crippen molar-refractivity contribution in [2.24, 2.45) is 5.92 Å². The zero-order valence-corrected chi connectivity index (χ0v) is 39.0. The van der Waals surface area contributed by atoms with Crippen LogP contribution in [0.1, 0.15) is 111 Å². The molecule has 4 atom stereocenters. The maximum atomic E-state index is 15.4. The molecule has 69 heavy (non-hydrogen) atoms. The Morgan fingerprint density at radius 2 is 1.68 bits per heavy atom. The van der Waals surface area contributed by atoms with Crippen molar-refractivity contribution < 1.29 is 52.5 Å². The number of carbonyl (C=O) groups excluding carboxylic acids is 7. The fourth-order valence-corrected chi connectivity index (χ4v) is 9.50. The summed E-state index contributed by atoms with van der Waals surface area (Å²) in [6.45, 7) is 8.31. The van der Waals surface area contributed by atoms with E-state index in [1.807, 2.05) is 0 Å². The van der Waals surface area contributed by atoms with E-state index in [1.54, 1.807) is 58.0 Å². The quantitative estimate of drug-likeness (QED) is 0.0522. The van der Waals surface area contributed by atoms with E-state index in [-0.39, 0.29) is 73.9 Å².